The average Bonchev–Trinajstić information content (AvgIpc) is 3.17. The first-order valence-electron chi connectivity index (χ1n) is 7.37. The summed E-state index contributed by atoms with van der Waals surface area (Å²) in [5.41, 5.74) is 1.70. The van der Waals surface area contributed by atoms with Crippen LogP contribution in [0.5, 0.6) is 5.75 Å². The molecule has 3 nitrogen and oxygen atoms in total. The molecule has 0 spiro atoms. The Morgan fingerprint density at radius 3 is 2.20 bits per heavy atom. The predicted octanol–water partition coefficient (Wildman–Crippen LogP) is 2.87. The maximum absolute atomic E-state index is 6.11. The fourth-order valence-corrected chi connectivity index (χ4v) is 2.56. The Kier molecular flexibility index (Phi) is 3.14. The highest BCUT2D eigenvalue weighted by Gasteiger charge is 2.52. The second kappa shape index (κ2) is 4.50. The summed E-state index contributed by atoms with van der Waals surface area (Å²) in [6, 6.07) is 6.41. The van der Waals surface area contributed by atoms with Gasteiger partial charge in [-0.05, 0) is 58.1 Å². The summed E-state index contributed by atoms with van der Waals surface area (Å²) in [4.78, 5) is 0. The monoisotopic (exact) mass is 274 g/mol. The van der Waals surface area contributed by atoms with E-state index in [2.05, 4.69) is 45.9 Å². The largest absolute Gasteiger partial charge is 0.498 e. The van der Waals surface area contributed by atoms with Gasteiger partial charge >= 0.3 is 7.12 Å². The van der Waals surface area contributed by atoms with Gasteiger partial charge in [0.15, 0.2) is 0 Å². The normalized spacial score (nSPS) is 23.9. The molecule has 20 heavy (non-hydrogen) atoms. The molecule has 1 saturated heterocycles. The van der Waals surface area contributed by atoms with Crippen LogP contribution in [-0.2, 0) is 9.31 Å². The van der Waals surface area contributed by atoms with Crippen LogP contribution >= 0.6 is 0 Å². The minimum atomic E-state index is -0.358. The predicted molar refractivity (Wildman–Crippen MR) is 80.7 cm³/mol. The summed E-state index contributed by atoms with van der Waals surface area (Å²) in [6.07, 6.45) is 2.58. The Balaban J connectivity index is 1.91. The van der Waals surface area contributed by atoms with Crippen LogP contribution in [0.25, 0.3) is 0 Å². The van der Waals surface area contributed by atoms with Crippen LogP contribution in [0.4, 0.5) is 0 Å². The molecule has 0 aromatic heterocycles. The third kappa shape index (κ3) is 2.25. The van der Waals surface area contributed by atoms with Gasteiger partial charge in [-0.15, -0.1) is 0 Å². The fourth-order valence-electron chi connectivity index (χ4n) is 2.56. The van der Waals surface area contributed by atoms with Crippen LogP contribution in [0.1, 0.15) is 52.0 Å². The lowest BCUT2D eigenvalue weighted by Crippen LogP contribution is -2.41. The molecule has 1 aromatic rings. The maximum Gasteiger partial charge on any atom is 0.498 e. The molecule has 4 heteroatoms. The molecule has 2 aliphatic rings. The molecule has 0 radical (unpaired) electrons. The van der Waals surface area contributed by atoms with Crippen molar-refractivity contribution in [2.75, 3.05) is 7.11 Å². The van der Waals surface area contributed by atoms with Crippen LogP contribution in [0.3, 0.4) is 0 Å². The smallest absolute Gasteiger partial charge is 0.497 e. The molecular weight excluding hydrogens is 251 g/mol. The number of hydrogen-bond acceptors (Lipinski definition) is 3. The summed E-state index contributed by atoms with van der Waals surface area (Å²) in [6.45, 7) is 8.27. The van der Waals surface area contributed by atoms with Crippen molar-refractivity contribution in [3.05, 3.63) is 23.8 Å². The number of benzene rings is 1. The molecule has 0 unspecified atom stereocenters. The summed E-state index contributed by atoms with van der Waals surface area (Å²) in [5.74, 6) is 1.59. The van der Waals surface area contributed by atoms with E-state index in [1.165, 1.54) is 18.4 Å². The van der Waals surface area contributed by atoms with Crippen molar-refractivity contribution < 1.29 is 14.0 Å². The van der Waals surface area contributed by atoms with Crippen molar-refractivity contribution in [3.63, 3.8) is 0 Å². The van der Waals surface area contributed by atoms with Crippen LogP contribution < -0.4 is 10.2 Å². The van der Waals surface area contributed by atoms with Crippen molar-refractivity contribution in [2.45, 2.75) is 57.7 Å². The van der Waals surface area contributed by atoms with E-state index in [4.69, 9.17) is 14.0 Å². The highest BCUT2D eigenvalue weighted by Crippen LogP contribution is 2.41. The number of rotatable bonds is 3. The molecule has 2 fully saturated rings. The Morgan fingerprint density at radius 2 is 1.70 bits per heavy atom. The lowest BCUT2D eigenvalue weighted by molar-refractivity contribution is 0.00578. The van der Waals surface area contributed by atoms with E-state index >= 15 is 0 Å². The zero-order valence-electron chi connectivity index (χ0n) is 13.0. The second-order valence-corrected chi connectivity index (χ2v) is 6.86. The molecule has 3 rings (SSSR count). The maximum atomic E-state index is 6.11. The average molecular weight is 274 g/mol. The zero-order valence-corrected chi connectivity index (χ0v) is 13.0. The standard InChI is InChI=1S/C16H23BO3/c1-15(2)16(3,4)20-17(19-15)13-9-8-12(11-6-7-11)10-14(13)18-5/h8-11H,6-7H2,1-5H3. The number of ether oxygens (including phenoxy) is 1. The van der Waals surface area contributed by atoms with Crippen molar-refractivity contribution in [1.82, 2.24) is 0 Å². The topological polar surface area (TPSA) is 27.7 Å². The van der Waals surface area contributed by atoms with Crippen LogP contribution in [-0.4, -0.2) is 25.4 Å². The Labute approximate surface area is 121 Å². The molecule has 1 aliphatic heterocycles. The van der Waals surface area contributed by atoms with E-state index in [1.54, 1.807) is 7.11 Å². The molecule has 1 saturated carbocycles. The van der Waals surface area contributed by atoms with Gasteiger partial charge in [0.05, 0.1) is 18.3 Å². The van der Waals surface area contributed by atoms with Crippen LogP contribution in [0.15, 0.2) is 18.2 Å². The minimum Gasteiger partial charge on any atom is -0.497 e. The van der Waals surface area contributed by atoms with Crippen LogP contribution in [0.2, 0.25) is 0 Å². The van der Waals surface area contributed by atoms with Crippen molar-refractivity contribution in [1.29, 1.82) is 0 Å². The van der Waals surface area contributed by atoms with E-state index in [-0.39, 0.29) is 18.3 Å². The minimum absolute atomic E-state index is 0.322. The third-order valence-corrected chi connectivity index (χ3v) is 4.81. The number of hydrogen-bond donors (Lipinski definition) is 0. The molecular formula is C16H23BO3. The van der Waals surface area contributed by atoms with Gasteiger partial charge in [-0.2, -0.15) is 0 Å². The first kappa shape index (κ1) is 14.0. The molecule has 0 N–H and O–H groups in total. The van der Waals surface area contributed by atoms with Gasteiger partial charge in [-0.1, -0.05) is 12.1 Å². The molecule has 0 atom stereocenters. The second-order valence-electron chi connectivity index (χ2n) is 6.86. The van der Waals surface area contributed by atoms with Crippen molar-refractivity contribution in [2.24, 2.45) is 0 Å². The molecule has 1 aromatic carbocycles. The van der Waals surface area contributed by atoms with Crippen molar-refractivity contribution in [3.8, 4) is 5.75 Å². The lowest BCUT2D eigenvalue weighted by Gasteiger charge is -2.32. The molecule has 1 aliphatic carbocycles. The molecule has 0 bridgehead atoms. The van der Waals surface area contributed by atoms with Gasteiger partial charge in [0.2, 0.25) is 0 Å². The Bertz CT molecular complexity index is 504. The van der Waals surface area contributed by atoms with Gasteiger partial charge in [-0.25, -0.2) is 0 Å². The summed E-state index contributed by atoms with van der Waals surface area (Å²) in [7, 11) is 1.35. The molecule has 0 amide bonds. The van der Waals surface area contributed by atoms with Gasteiger partial charge < -0.3 is 14.0 Å². The van der Waals surface area contributed by atoms with E-state index < -0.39 is 0 Å². The zero-order chi connectivity index (χ0) is 14.5. The highest BCUT2D eigenvalue weighted by molar-refractivity contribution is 6.63. The Morgan fingerprint density at radius 1 is 1.10 bits per heavy atom. The van der Waals surface area contributed by atoms with E-state index in [9.17, 15) is 0 Å². The quantitative estimate of drug-likeness (QED) is 0.793. The highest BCUT2D eigenvalue weighted by atomic mass is 16.7. The lowest BCUT2D eigenvalue weighted by atomic mass is 9.77. The van der Waals surface area contributed by atoms with Crippen LogP contribution in [0, 0.1) is 0 Å². The first-order valence-corrected chi connectivity index (χ1v) is 7.37. The third-order valence-electron chi connectivity index (χ3n) is 4.81. The molecule has 1 heterocycles. The van der Waals surface area contributed by atoms with Crippen molar-refractivity contribution >= 4 is 12.6 Å². The molecule has 108 valence electrons. The Hall–Kier alpha value is -0.995. The summed E-state index contributed by atoms with van der Waals surface area (Å²) >= 11 is 0. The van der Waals surface area contributed by atoms with E-state index in [0.29, 0.717) is 0 Å². The first-order chi connectivity index (χ1) is 9.34. The summed E-state index contributed by atoms with van der Waals surface area (Å²) < 4.78 is 17.8. The fraction of sp³-hybridized carbons (Fsp3) is 0.625. The SMILES string of the molecule is COc1cc(C2CC2)ccc1B1OC(C)(C)C(C)(C)O1. The van der Waals surface area contributed by atoms with Gasteiger partial charge in [0.25, 0.3) is 0 Å². The van der Waals surface area contributed by atoms with E-state index in [0.717, 1.165) is 17.1 Å². The van der Waals surface area contributed by atoms with Gasteiger partial charge in [0.1, 0.15) is 5.75 Å². The summed E-state index contributed by atoms with van der Waals surface area (Å²) in [5, 5.41) is 0. The van der Waals surface area contributed by atoms with Gasteiger partial charge in [0, 0.05) is 5.46 Å². The van der Waals surface area contributed by atoms with E-state index in [1.807, 2.05) is 0 Å². The van der Waals surface area contributed by atoms with Gasteiger partial charge in [-0.3, -0.25) is 0 Å². The number of methoxy groups -OCH3 is 1.